The van der Waals surface area contributed by atoms with Gasteiger partial charge in [-0.15, -0.1) is 0 Å². The van der Waals surface area contributed by atoms with E-state index in [2.05, 4.69) is 6.08 Å². The Balaban J connectivity index is 1.83. The van der Waals surface area contributed by atoms with Crippen LogP contribution in [0.15, 0.2) is 11.6 Å². The molecule has 0 spiro atoms. The first-order valence-corrected chi connectivity index (χ1v) is 7.84. The van der Waals surface area contributed by atoms with E-state index >= 15 is 0 Å². The van der Waals surface area contributed by atoms with Crippen molar-refractivity contribution < 1.29 is 14.6 Å². The van der Waals surface area contributed by atoms with E-state index in [1.165, 1.54) is 5.57 Å². The fourth-order valence-electron chi connectivity index (χ4n) is 4.20. The first-order valence-electron chi connectivity index (χ1n) is 7.84. The Bertz CT molecular complexity index is 479. The van der Waals surface area contributed by atoms with Crippen LogP contribution in [0.25, 0.3) is 0 Å². The summed E-state index contributed by atoms with van der Waals surface area (Å²) >= 11 is 0. The second-order valence-corrected chi connectivity index (χ2v) is 8.04. The molecule has 1 N–H and O–H groups in total. The van der Waals surface area contributed by atoms with Crippen LogP contribution < -0.4 is 0 Å². The van der Waals surface area contributed by atoms with Crippen LogP contribution >= 0.6 is 0 Å². The molecule has 4 unspecified atom stereocenters. The molecule has 0 aromatic heterocycles. The van der Waals surface area contributed by atoms with E-state index in [-0.39, 0.29) is 5.97 Å². The smallest absolute Gasteiger partial charge is 0.312 e. The van der Waals surface area contributed by atoms with Gasteiger partial charge in [0.25, 0.3) is 0 Å². The highest BCUT2D eigenvalue weighted by Gasteiger charge is 2.56. The van der Waals surface area contributed by atoms with Crippen molar-refractivity contribution in [2.24, 2.45) is 17.3 Å². The van der Waals surface area contributed by atoms with E-state index in [0.29, 0.717) is 18.3 Å². The zero-order valence-electron chi connectivity index (χ0n) is 13.0. The number of rotatable bonds is 3. The van der Waals surface area contributed by atoms with Crippen LogP contribution in [-0.4, -0.2) is 22.3 Å². The van der Waals surface area contributed by atoms with Crippen LogP contribution in [0, 0.1) is 17.3 Å². The van der Waals surface area contributed by atoms with Gasteiger partial charge < -0.3 is 9.84 Å². The van der Waals surface area contributed by atoms with Gasteiger partial charge in [0, 0.05) is 6.42 Å². The summed E-state index contributed by atoms with van der Waals surface area (Å²) in [5, 5.41) is 10.8. The fourth-order valence-corrected chi connectivity index (χ4v) is 4.20. The fraction of sp³-hybridized carbons (Fsp3) is 0.824. The molecule has 3 rings (SSSR count). The minimum atomic E-state index is -0.645. The van der Waals surface area contributed by atoms with Gasteiger partial charge in [0.15, 0.2) is 0 Å². The molecule has 0 radical (unpaired) electrons. The van der Waals surface area contributed by atoms with Crippen molar-refractivity contribution >= 4 is 5.97 Å². The van der Waals surface area contributed by atoms with Gasteiger partial charge in [-0.05, 0) is 64.4 Å². The Morgan fingerprint density at radius 3 is 2.85 bits per heavy atom. The Kier molecular flexibility index (Phi) is 2.89. The lowest BCUT2D eigenvalue weighted by molar-refractivity contribution is -0.169. The number of allylic oxidation sites excluding steroid dienone is 1. The lowest BCUT2D eigenvalue weighted by Crippen LogP contribution is -2.43. The second kappa shape index (κ2) is 4.09. The lowest BCUT2D eigenvalue weighted by atomic mass is 9.69. The molecule has 3 heteroatoms. The number of ether oxygens (including phenoxy) is 1. The molecular weight excluding hydrogens is 252 g/mol. The van der Waals surface area contributed by atoms with Crippen LogP contribution in [0.1, 0.15) is 59.8 Å². The summed E-state index contributed by atoms with van der Waals surface area (Å²) in [6.07, 6.45) is 6.24. The Morgan fingerprint density at radius 1 is 1.50 bits per heavy atom. The summed E-state index contributed by atoms with van der Waals surface area (Å²) < 4.78 is 5.85. The molecule has 4 atom stereocenters. The van der Waals surface area contributed by atoms with Crippen LogP contribution in [0.3, 0.4) is 0 Å². The molecule has 3 aliphatic rings. The Morgan fingerprint density at radius 2 is 2.20 bits per heavy atom. The highest BCUT2D eigenvalue weighted by atomic mass is 16.6. The molecule has 0 heterocycles. The number of aliphatic hydroxyl groups is 1. The van der Waals surface area contributed by atoms with E-state index in [1.807, 2.05) is 27.7 Å². The summed E-state index contributed by atoms with van der Waals surface area (Å²) in [4.78, 5) is 12.4. The molecule has 2 bridgehead atoms. The van der Waals surface area contributed by atoms with Gasteiger partial charge in [0.1, 0.15) is 5.60 Å². The third-order valence-electron chi connectivity index (χ3n) is 5.72. The van der Waals surface area contributed by atoms with Crippen LogP contribution in [0.5, 0.6) is 0 Å². The Labute approximate surface area is 121 Å². The van der Waals surface area contributed by atoms with Crippen molar-refractivity contribution in [1.82, 2.24) is 0 Å². The van der Waals surface area contributed by atoms with Crippen molar-refractivity contribution in [3.63, 3.8) is 0 Å². The highest BCUT2D eigenvalue weighted by molar-refractivity contribution is 5.76. The molecule has 0 saturated heterocycles. The van der Waals surface area contributed by atoms with E-state index in [4.69, 9.17) is 4.74 Å². The van der Waals surface area contributed by atoms with Gasteiger partial charge in [0.2, 0.25) is 0 Å². The summed E-state index contributed by atoms with van der Waals surface area (Å²) in [6, 6.07) is 0. The lowest BCUT2D eigenvalue weighted by Gasteiger charge is -2.40. The largest absolute Gasteiger partial charge is 0.455 e. The maximum absolute atomic E-state index is 12.4. The topological polar surface area (TPSA) is 46.5 Å². The van der Waals surface area contributed by atoms with Gasteiger partial charge >= 0.3 is 5.97 Å². The van der Waals surface area contributed by atoms with Crippen molar-refractivity contribution in [3.8, 4) is 0 Å². The quantitative estimate of drug-likeness (QED) is 0.637. The maximum Gasteiger partial charge on any atom is 0.312 e. The molecule has 3 nitrogen and oxygen atoms in total. The molecule has 0 aliphatic heterocycles. The number of carbonyl (C=O) groups is 1. The van der Waals surface area contributed by atoms with Crippen molar-refractivity contribution in [3.05, 3.63) is 11.6 Å². The van der Waals surface area contributed by atoms with Crippen LogP contribution in [0.4, 0.5) is 0 Å². The molecule has 2 fully saturated rings. The molecule has 2 saturated carbocycles. The predicted octanol–water partition coefficient (Wildman–Crippen LogP) is 3.22. The molecule has 3 aliphatic carbocycles. The predicted molar refractivity (Wildman–Crippen MR) is 77.0 cm³/mol. The van der Waals surface area contributed by atoms with E-state index in [1.54, 1.807) is 0 Å². The van der Waals surface area contributed by atoms with E-state index in [9.17, 15) is 9.90 Å². The molecule has 20 heavy (non-hydrogen) atoms. The number of esters is 1. The summed E-state index contributed by atoms with van der Waals surface area (Å²) in [6.45, 7) is 7.79. The summed E-state index contributed by atoms with van der Waals surface area (Å²) in [7, 11) is 0. The average molecular weight is 278 g/mol. The zero-order chi connectivity index (χ0) is 14.8. The monoisotopic (exact) mass is 278 g/mol. The molecule has 0 amide bonds. The van der Waals surface area contributed by atoms with E-state index in [0.717, 1.165) is 25.7 Å². The molecule has 112 valence electrons. The van der Waals surface area contributed by atoms with Crippen molar-refractivity contribution in [1.29, 1.82) is 0 Å². The zero-order valence-corrected chi connectivity index (χ0v) is 13.0. The molecular formula is C17H26O3. The molecule has 0 aromatic rings. The SMILES string of the molecule is CCC(C)(C)C(=O)OC1(C)C=C2CC3CC(O)(CC23)C1. The molecule has 0 aromatic carbocycles. The first-order chi connectivity index (χ1) is 9.16. The average Bonchev–Trinajstić information content (AvgIpc) is 2.53. The van der Waals surface area contributed by atoms with Gasteiger partial charge in [0.05, 0.1) is 11.0 Å². The van der Waals surface area contributed by atoms with Crippen molar-refractivity contribution in [2.75, 3.05) is 0 Å². The normalized spacial score (nSPS) is 42.5. The van der Waals surface area contributed by atoms with Gasteiger partial charge in [-0.3, -0.25) is 4.79 Å². The number of hydrogen-bond acceptors (Lipinski definition) is 3. The van der Waals surface area contributed by atoms with Crippen LogP contribution in [0.2, 0.25) is 0 Å². The second-order valence-electron chi connectivity index (χ2n) is 8.04. The highest BCUT2D eigenvalue weighted by Crippen LogP contribution is 2.59. The minimum absolute atomic E-state index is 0.156. The number of fused-ring (bicyclic) bond motifs is 1. The summed E-state index contributed by atoms with van der Waals surface area (Å²) in [5.41, 5.74) is -0.353. The third-order valence-corrected chi connectivity index (χ3v) is 5.72. The standard InChI is InChI=1S/C17H26O3/c1-5-15(2,3)14(18)20-16(4)7-11-6-12-8-17(19,10-16)9-13(11)12/h7,12-13,19H,5-6,8-10H2,1-4H3. The third kappa shape index (κ3) is 2.11. The van der Waals surface area contributed by atoms with Crippen molar-refractivity contribution in [2.45, 2.75) is 71.0 Å². The summed E-state index contributed by atoms with van der Waals surface area (Å²) in [5.74, 6) is 1.05. The van der Waals surface area contributed by atoms with Gasteiger partial charge in [-0.25, -0.2) is 0 Å². The van der Waals surface area contributed by atoms with E-state index < -0.39 is 16.6 Å². The van der Waals surface area contributed by atoms with Gasteiger partial charge in [-0.1, -0.05) is 12.5 Å². The Hall–Kier alpha value is -0.830. The minimum Gasteiger partial charge on any atom is -0.455 e. The number of hydrogen-bond donors (Lipinski definition) is 1. The first kappa shape index (κ1) is 14.1. The maximum atomic E-state index is 12.4. The van der Waals surface area contributed by atoms with Gasteiger partial charge in [-0.2, -0.15) is 0 Å². The number of carbonyl (C=O) groups excluding carboxylic acids is 1. The van der Waals surface area contributed by atoms with Crippen LogP contribution in [-0.2, 0) is 9.53 Å².